The van der Waals surface area contributed by atoms with Crippen LogP contribution in [0.15, 0.2) is 0 Å². The Hall–Kier alpha value is -0.310. The van der Waals surface area contributed by atoms with Gasteiger partial charge in [0.2, 0.25) is 0 Å². The normalized spacial score (nSPS) is 21.1. The summed E-state index contributed by atoms with van der Waals surface area (Å²) in [6.45, 7) is 5.63. The Bertz CT molecular complexity index is 219. The van der Waals surface area contributed by atoms with Crippen molar-refractivity contribution < 1.29 is 0 Å². The molecule has 14 heavy (non-hydrogen) atoms. The van der Waals surface area contributed by atoms with E-state index in [9.17, 15) is 0 Å². The second-order valence-corrected chi connectivity index (χ2v) is 5.39. The molecule has 2 aliphatic rings. The number of hydrogen-bond donors (Lipinski definition) is 1. The van der Waals surface area contributed by atoms with Gasteiger partial charge in [-0.05, 0) is 43.8 Å². The van der Waals surface area contributed by atoms with Crippen molar-refractivity contribution in [3.8, 4) is 0 Å². The van der Waals surface area contributed by atoms with Gasteiger partial charge in [-0.1, -0.05) is 13.8 Å². The van der Waals surface area contributed by atoms with Crippen molar-refractivity contribution >= 4 is 17.3 Å². The van der Waals surface area contributed by atoms with E-state index in [1.165, 1.54) is 25.7 Å². The highest BCUT2D eigenvalue weighted by Gasteiger charge is 2.33. The van der Waals surface area contributed by atoms with E-state index < -0.39 is 0 Å². The Labute approximate surface area is 92.0 Å². The quantitative estimate of drug-likeness (QED) is 0.719. The van der Waals surface area contributed by atoms with Gasteiger partial charge >= 0.3 is 0 Å². The van der Waals surface area contributed by atoms with Crippen molar-refractivity contribution in [2.24, 2.45) is 5.92 Å². The monoisotopic (exact) mass is 212 g/mol. The lowest BCUT2D eigenvalue weighted by molar-refractivity contribution is 0.352. The van der Waals surface area contributed by atoms with Crippen molar-refractivity contribution in [2.75, 3.05) is 6.54 Å². The van der Waals surface area contributed by atoms with Gasteiger partial charge in [0.1, 0.15) is 0 Å². The largest absolute Gasteiger partial charge is 0.360 e. The molecule has 0 radical (unpaired) electrons. The number of rotatable bonds is 4. The molecule has 0 unspecified atom stereocenters. The van der Waals surface area contributed by atoms with Crippen LogP contribution in [0.25, 0.3) is 0 Å². The van der Waals surface area contributed by atoms with E-state index in [0.29, 0.717) is 12.0 Å². The first kappa shape index (κ1) is 10.2. The molecule has 0 aromatic carbocycles. The Morgan fingerprint density at radius 3 is 2.43 bits per heavy atom. The Kier molecular flexibility index (Phi) is 2.96. The average Bonchev–Trinajstić information content (AvgIpc) is 2.93. The van der Waals surface area contributed by atoms with Crippen LogP contribution in [0.4, 0.5) is 0 Å². The molecule has 0 spiro atoms. The maximum atomic E-state index is 5.44. The predicted octanol–water partition coefficient (Wildman–Crippen LogP) is 2.14. The highest BCUT2D eigenvalue weighted by atomic mass is 32.1. The van der Waals surface area contributed by atoms with Gasteiger partial charge in [-0.25, -0.2) is 0 Å². The number of hydrogen-bond acceptors (Lipinski definition) is 1. The van der Waals surface area contributed by atoms with Crippen LogP contribution in [-0.2, 0) is 0 Å². The summed E-state index contributed by atoms with van der Waals surface area (Å²) < 4.78 is 0. The zero-order valence-corrected chi connectivity index (χ0v) is 9.94. The molecule has 0 saturated heterocycles. The van der Waals surface area contributed by atoms with Crippen molar-refractivity contribution in [2.45, 2.75) is 51.6 Å². The Morgan fingerprint density at radius 1 is 1.36 bits per heavy atom. The van der Waals surface area contributed by atoms with Crippen LogP contribution in [0.2, 0.25) is 0 Å². The summed E-state index contributed by atoms with van der Waals surface area (Å²) in [5, 5.41) is 4.44. The maximum absolute atomic E-state index is 5.44. The van der Waals surface area contributed by atoms with Crippen molar-refractivity contribution in [1.29, 1.82) is 0 Å². The third-order valence-electron chi connectivity index (χ3n) is 2.72. The molecule has 2 rings (SSSR count). The van der Waals surface area contributed by atoms with Crippen LogP contribution in [-0.4, -0.2) is 28.6 Å². The van der Waals surface area contributed by atoms with E-state index in [0.717, 1.165) is 17.7 Å². The fourth-order valence-electron chi connectivity index (χ4n) is 1.66. The molecule has 80 valence electrons. The molecule has 0 bridgehead atoms. The molecular formula is C11H20N2S. The molecule has 2 aliphatic carbocycles. The van der Waals surface area contributed by atoms with Gasteiger partial charge in [-0.15, -0.1) is 0 Å². The number of nitrogens with zero attached hydrogens (tertiary/aromatic N) is 1. The molecule has 0 atom stereocenters. The Morgan fingerprint density at radius 2 is 2.00 bits per heavy atom. The SMILES string of the molecule is CC(C)CN(C(=S)NC1CC1)C1CC1. The third kappa shape index (κ3) is 2.84. The van der Waals surface area contributed by atoms with Crippen LogP contribution < -0.4 is 5.32 Å². The van der Waals surface area contributed by atoms with Gasteiger partial charge in [-0.3, -0.25) is 0 Å². The first-order chi connectivity index (χ1) is 6.66. The van der Waals surface area contributed by atoms with Gasteiger partial charge in [0.15, 0.2) is 5.11 Å². The maximum Gasteiger partial charge on any atom is 0.169 e. The molecule has 2 saturated carbocycles. The smallest absolute Gasteiger partial charge is 0.169 e. The molecule has 2 nitrogen and oxygen atoms in total. The minimum absolute atomic E-state index is 0.691. The molecule has 2 fully saturated rings. The first-order valence-corrected chi connectivity index (χ1v) is 6.15. The van der Waals surface area contributed by atoms with Crippen LogP contribution in [0.1, 0.15) is 39.5 Å². The topological polar surface area (TPSA) is 15.3 Å². The number of nitrogens with one attached hydrogen (secondary N) is 1. The lowest BCUT2D eigenvalue weighted by Crippen LogP contribution is -2.43. The standard InChI is InChI=1S/C11H20N2S/c1-8(2)7-13(10-5-6-10)11(14)12-9-3-4-9/h8-10H,3-7H2,1-2H3,(H,12,14). The summed E-state index contributed by atoms with van der Waals surface area (Å²) in [7, 11) is 0. The first-order valence-electron chi connectivity index (χ1n) is 5.74. The van der Waals surface area contributed by atoms with Crippen LogP contribution in [0.3, 0.4) is 0 Å². The molecular weight excluding hydrogens is 192 g/mol. The Balaban J connectivity index is 1.83. The van der Waals surface area contributed by atoms with Crippen molar-refractivity contribution in [1.82, 2.24) is 10.2 Å². The summed E-state index contributed by atoms with van der Waals surface area (Å²) in [5.74, 6) is 0.703. The zero-order valence-electron chi connectivity index (χ0n) is 9.12. The van der Waals surface area contributed by atoms with E-state index >= 15 is 0 Å². The van der Waals surface area contributed by atoms with Gasteiger partial charge in [-0.2, -0.15) is 0 Å². The van der Waals surface area contributed by atoms with Crippen molar-refractivity contribution in [3.05, 3.63) is 0 Å². The molecule has 0 aliphatic heterocycles. The second-order valence-electron chi connectivity index (χ2n) is 5.00. The summed E-state index contributed by atoms with van der Waals surface area (Å²) in [6, 6.07) is 1.44. The van der Waals surface area contributed by atoms with Gasteiger partial charge < -0.3 is 10.2 Å². The third-order valence-corrected chi connectivity index (χ3v) is 3.07. The highest BCUT2D eigenvalue weighted by molar-refractivity contribution is 7.80. The fraction of sp³-hybridized carbons (Fsp3) is 0.909. The van der Waals surface area contributed by atoms with Crippen LogP contribution in [0.5, 0.6) is 0 Å². The molecule has 3 heteroatoms. The molecule has 0 amide bonds. The second kappa shape index (κ2) is 4.05. The van der Waals surface area contributed by atoms with E-state index in [4.69, 9.17) is 12.2 Å². The zero-order chi connectivity index (χ0) is 10.1. The molecule has 0 heterocycles. The minimum atomic E-state index is 0.691. The van der Waals surface area contributed by atoms with E-state index in [1.54, 1.807) is 0 Å². The van der Waals surface area contributed by atoms with Gasteiger partial charge in [0.05, 0.1) is 0 Å². The average molecular weight is 212 g/mol. The minimum Gasteiger partial charge on any atom is -0.360 e. The summed E-state index contributed by atoms with van der Waals surface area (Å²) >= 11 is 5.44. The fourth-order valence-corrected chi connectivity index (χ4v) is 2.05. The lowest BCUT2D eigenvalue weighted by Gasteiger charge is -2.27. The summed E-state index contributed by atoms with van der Waals surface area (Å²) in [4.78, 5) is 2.40. The summed E-state index contributed by atoms with van der Waals surface area (Å²) in [6.07, 6.45) is 5.28. The molecule has 1 N–H and O–H groups in total. The molecule has 0 aromatic heterocycles. The predicted molar refractivity (Wildman–Crippen MR) is 63.3 cm³/mol. The van der Waals surface area contributed by atoms with Gasteiger partial charge in [0, 0.05) is 18.6 Å². The van der Waals surface area contributed by atoms with Crippen LogP contribution >= 0.6 is 12.2 Å². The van der Waals surface area contributed by atoms with E-state index in [-0.39, 0.29) is 0 Å². The highest BCUT2D eigenvalue weighted by Crippen LogP contribution is 2.28. The van der Waals surface area contributed by atoms with Crippen LogP contribution in [0, 0.1) is 5.92 Å². The van der Waals surface area contributed by atoms with E-state index in [2.05, 4.69) is 24.1 Å². The summed E-state index contributed by atoms with van der Waals surface area (Å²) in [5.41, 5.74) is 0. The van der Waals surface area contributed by atoms with Crippen molar-refractivity contribution in [3.63, 3.8) is 0 Å². The molecule has 0 aromatic rings. The lowest BCUT2D eigenvalue weighted by atomic mass is 10.2. The van der Waals surface area contributed by atoms with E-state index in [1.807, 2.05) is 0 Å². The number of thiocarbonyl (C=S) groups is 1. The van der Waals surface area contributed by atoms with Gasteiger partial charge in [0.25, 0.3) is 0 Å².